The Hall–Kier alpha value is -1.85. The van der Waals surface area contributed by atoms with Crippen molar-refractivity contribution in [2.24, 2.45) is 0 Å². The molecule has 5 heteroatoms. The van der Waals surface area contributed by atoms with Crippen molar-refractivity contribution in [2.75, 3.05) is 0 Å². The first-order valence-corrected chi connectivity index (χ1v) is 6.48. The van der Waals surface area contributed by atoms with E-state index in [9.17, 15) is 5.11 Å². The van der Waals surface area contributed by atoms with E-state index < -0.39 is 6.10 Å². The van der Waals surface area contributed by atoms with Crippen molar-refractivity contribution >= 4 is 22.4 Å². The van der Waals surface area contributed by atoms with Gasteiger partial charge in [-0.2, -0.15) is 0 Å². The van der Waals surface area contributed by atoms with Gasteiger partial charge in [-0.05, 0) is 6.07 Å². The minimum atomic E-state index is -0.600. The van der Waals surface area contributed by atoms with Gasteiger partial charge in [0, 0.05) is 36.0 Å². The number of nitrogens with zero attached hydrogens (tertiary/aromatic N) is 3. The van der Waals surface area contributed by atoms with Gasteiger partial charge in [0.05, 0.1) is 22.1 Å². The van der Waals surface area contributed by atoms with E-state index in [1.54, 1.807) is 29.9 Å². The van der Waals surface area contributed by atoms with E-state index in [1.165, 1.54) is 0 Å². The van der Waals surface area contributed by atoms with Crippen LogP contribution in [-0.2, 0) is 6.42 Å². The van der Waals surface area contributed by atoms with Gasteiger partial charge < -0.3 is 5.11 Å². The summed E-state index contributed by atoms with van der Waals surface area (Å²) in [5.41, 5.74) is 2.35. The highest BCUT2D eigenvalue weighted by Gasteiger charge is 2.14. The van der Waals surface area contributed by atoms with E-state index in [0.717, 1.165) is 21.6 Å². The van der Waals surface area contributed by atoms with Crippen LogP contribution >= 0.6 is 11.3 Å². The van der Waals surface area contributed by atoms with E-state index in [4.69, 9.17) is 0 Å². The first-order valence-electron chi connectivity index (χ1n) is 5.60. The first-order chi connectivity index (χ1) is 8.84. The molecule has 2 heterocycles. The molecule has 0 fully saturated rings. The van der Waals surface area contributed by atoms with Crippen LogP contribution in [0.1, 0.15) is 16.7 Å². The largest absolute Gasteiger partial charge is 0.388 e. The lowest BCUT2D eigenvalue weighted by atomic mass is 10.0. The monoisotopic (exact) mass is 257 g/mol. The molecule has 4 nitrogen and oxygen atoms in total. The third kappa shape index (κ3) is 2.10. The van der Waals surface area contributed by atoms with Crippen molar-refractivity contribution in [1.29, 1.82) is 0 Å². The van der Waals surface area contributed by atoms with Gasteiger partial charge in [-0.3, -0.25) is 9.97 Å². The van der Waals surface area contributed by atoms with Gasteiger partial charge in [-0.25, -0.2) is 4.98 Å². The average Bonchev–Trinajstić information content (AvgIpc) is 2.91. The van der Waals surface area contributed by atoms with Gasteiger partial charge in [0.25, 0.3) is 0 Å². The van der Waals surface area contributed by atoms with Crippen LogP contribution in [0, 0.1) is 0 Å². The second-order valence-electron chi connectivity index (χ2n) is 3.92. The fourth-order valence-electron chi connectivity index (χ4n) is 1.91. The van der Waals surface area contributed by atoms with Crippen molar-refractivity contribution in [1.82, 2.24) is 15.0 Å². The van der Waals surface area contributed by atoms with Crippen LogP contribution in [0.2, 0.25) is 0 Å². The lowest BCUT2D eigenvalue weighted by Crippen LogP contribution is -2.03. The molecule has 1 N–H and O–H groups in total. The zero-order valence-electron chi connectivity index (χ0n) is 9.52. The molecule has 3 rings (SSSR count). The minimum Gasteiger partial charge on any atom is -0.388 e. The highest BCUT2D eigenvalue weighted by molar-refractivity contribution is 7.09. The molecule has 0 aliphatic carbocycles. The van der Waals surface area contributed by atoms with Gasteiger partial charge in [-0.1, -0.05) is 12.1 Å². The fourth-order valence-corrected chi connectivity index (χ4v) is 2.57. The number of fused-ring (bicyclic) bond motifs is 1. The molecule has 2 aromatic heterocycles. The summed E-state index contributed by atoms with van der Waals surface area (Å²) in [6.07, 6.45) is 4.95. The Kier molecular flexibility index (Phi) is 3.00. The molecule has 0 saturated carbocycles. The number of aromatic nitrogens is 3. The Bertz CT molecular complexity index is 649. The molecule has 18 heavy (non-hydrogen) atoms. The maximum atomic E-state index is 10.3. The van der Waals surface area contributed by atoms with Crippen LogP contribution in [0.3, 0.4) is 0 Å². The SMILES string of the molecule is OC(Cc1nccs1)c1cccc2nccnc12. The number of benzene rings is 1. The Morgan fingerprint density at radius 2 is 2.00 bits per heavy atom. The maximum Gasteiger partial charge on any atom is 0.0954 e. The number of para-hydroxylation sites is 1. The number of aliphatic hydroxyl groups excluding tert-OH is 1. The van der Waals surface area contributed by atoms with Crippen LogP contribution < -0.4 is 0 Å². The van der Waals surface area contributed by atoms with E-state index in [2.05, 4.69) is 15.0 Å². The summed E-state index contributed by atoms with van der Waals surface area (Å²) < 4.78 is 0. The van der Waals surface area contributed by atoms with Crippen molar-refractivity contribution in [3.05, 3.63) is 52.7 Å². The number of hydrogen-bond acceptors (Lipinski definition) is 5. The van der Waals surface area contributed by atoms with Crippen LogP contribution in [0.25, 0.3) is 11.0 Å². The van der Waals surface area contributed by atoms with Crippen molar-refractivity contribution in [2.45, 2.75) is 12.5 Å². The minimum absolute atomic E-state index is 0.507. The number of aliphatic hydroxyl groups is 1. The average molecular weight is 257 g/mol. The Morgan fingerprint density at radius 3 is 2.83 bits per heavy atom. The van der Waals surface area contributed by atoms with E-state index in [-0.39, 0.29) is 0 Å². The molecule has 3 aromatic rings. The molecule has 1 atom stereocenters. The molecule has 0 radical (unpaired) electrons. The second-order valence-corrected chi connectivity index (χ2v) is 4.90. The summed E-state index contributed by atoms with van der Waals surface area (Å²) in [6.45, 7) is 0. The fraction of sp³-hybridized carbons (Fsp3) is 0.154. The molecule has 0 aliphatic rings. The molecule has 0 saturated heterocycles. The molecule has 0 amide bonds. The molecule has 1 aromatic carbocycles. The highest BCUT2D eigenvalue weighted by Crippen LogP contribution is 2.24. The third-order valence-electron chi connectivity index (χ3n) is 2.74. The zero-order valence-corrected chi connectivity index (χ0v) is 10.3. The number of thiazole rings is 1. The summed E-state index contributed by atoms with van der Waals surface area (Å²) in [6, 6.07) is 5.66. The molecule has 90 valence electrons. The number of hydrogen-bond donors (Lipinski definition) is 1. The summed E-state index contributed by atoms with van der Waals surface area (Å²) in [5.74, 6) is 0. The van der Waals surface area contributed by atoms with Crippen LogP contribution in [0.4, 0.5) is 0 Å². The van der Waals surface area contributed by atoms with Crippen LogP contribution in [0.5, 0.6) is 0 Å². The van der Waals surface area contributed by atoms with Crippen LogP contribution in [-0.4, -0.2) is 20.1 Å². The quantitative estimate of drug-likeness (QED) is 0.782. The van der Waals surface area contributed by atoms with Gasteiger partial charge in [-0.15, -0.1) is 11.3 Å². The lowest BCUT2D eigenvalue weighted by Gasteiger charge is -2.11. The molecule has 0 spiro atoms. The van der Waals surface area contributed by atoms with Crippen LogP contribution in [0.15, 0.2) is 42.2 Å². The van der Waals surface area contributed by atoms with Crippen molar-refractivity contribution < 1.29 is 5.11 Å². The van der Waals surface area contributed by atoms with E-state index >= 15 is 0 Å². The highest BCUT2D eigenvalue weighted by atomic mass is 32.1. The maximum absolute atomic E-state index is 10.3. The first kappa shape index (κ1) is 11.3. The van der Waals surface area contributed by atoms with Crippen molar-refractivity contribution in [3.63, 3.8) is 0 Å². The second kappa shape index (κ2) is 4.80. The molecule has 0 bridgehead atoms. The molecular weight excluding hydrogens is 246 g/mol. The summed E-state index contributed by atoms with van der Waals surface area (Å²) in [4.78, 5) is 12.7. The summed E-state index contributed by atoms with van der Waals surface area (Å²) >= 11 is 1.54. The Morgan fingerprint density at radius 1 is 1.11 bits per heavy atom. The van der Waals surface area contributed by atoms with Gasteiger partial charge in [0.2, 0.25) is 0 Å². The standard InChI is InChI=1S/C13H11N3OS/c17-11(8-12-15-6-7-18-12)9-2-1-3-10-13(9)16-5-4-14-10/h1-7,11,17H,8H2. The Balaban J connectivity index is 1.98. The number of rotatable bonds is 3. The lowest BCUT2D eigenvalue weighted by molar-refractivity contribution is 0.179. The summed E-state index contributed by atoms with van der Waals surface area (Å²) in [7, 11) is 0. The molecular formula is C13H11N3OS. The normalized spacial score (nSPS) is 12.7. The molecule has 1 unspecified atom stereocenters. The third-order valence-corrected chi connectivity index (χ3v) is 3.54. The van der Waals surface area contributed by atoms with Gasteiger partial charge in [0.1, 0.15) is 0 Å². The van der Waals surface area contributed by atoms with Gasteiger partial charge >= 0.3 is 0 Å². The Labute approximate surface area is 108 Å². The van der Waals surface area contributed by atoms with Crippen molar-refractivity contribution in [3.8, 4) is 0 Å². The van der Waals surface area contributed by atoms with Gasteiger partial charge in [0.15, 0.2) is 0 Å². The smallest absolute Gasteiger partial charge is 0.0954 e. The summed E-state index contributed by atoms with van der Waals surface area (Å²) in [5, 5.41) is 13.1. The van der Waals surface area contributed by atoms with E-state index in [0.29, 0.717) is 6.42 Å². The topological polar surface area (TPSA) is 58.9 Å². The zero-order chi connectivity index (χ0) is 12.4. The predicted molar refractivity (Wildman–Crippen MR) is 70.3 cm³/mol. The predicted octanol–water partition coefficient (Wildman–Crippen LogP) is 2.36. The van der Waals surface area contributed by atoms with E-state index in [1.807, 2.05) is 23.6 Å². The molecule has 0 aliphatic heterocycles.